The van der Waals surface area contributed by atoms with Gasteiger partial charge in [-0.25, -0.2) is 0 Å². The van der Waals surface area contributed by atoms with Crippen molar-refractivity contribution >= 4 is 31.0 Å². The molecule has 0 aromatic heterocycles. The van der Waals surface area contributed by atoms with Crippen LogP contribution in [0.5, 0.6) is 11.5 Å². The van der Waals surface area contributed by atoms with Crippen LogP contribution in [0.15, 0.2) is 36.4 Å². The van der Waals surface area contributed by atoms with Crippen molar-refractivity contribution in [2.75, 3.05) is 65.4 Å². The van der Waals surface area contributed by atoms with Gasteiger partial charge in [-0.2, -0.15) is 16.8 Å². The summed E-state index contributed by atoms with van der Waals surface area (Å²) < 4.78 is 74.9. The summed E-state index contributed by atoms with van der Waals surface area (Å²) in [6.07, 6.45) is 1.97. The summed E-state index contributed by atoms with van der Waals surface area (Å²) in [4.78, 5) is 0. The highest BCUT2D eigenvalue weighted by atomic mass is 32.2. The summed E-state index contributed by atoms with van der Waals surface area (Å²) in [5.41, 5.74) is 0. The maximum Gasteiger partial charge on any atom is 0.264 e. The van der Waals surface area contributed by atoms with Gasteiger partial charge in [0.05, 0.1) is 52.2 Å². The Morgan fingerprint density at radius 2 is 0.938 bits per heavy atom. The highest BCUT2D eigenvalue weighted by molar-refractivity contribution is 7.86. The van der Waals surface area contributed by atoms with E-state index < -0.39 is 20.2 Å². The topological polar surface area (TPSA) is 124 Å². The van der Waals surface area contributed by atoms with Crippen LogP contribution in [0, 0.1) is 0 Å². The van der Waals surface area contributed by atoms with Gasteiger partial charge >= 0.3 is 0 Å². The van der Waals surface area contributed by atoms with Gasteiger partial charge in [0.2, 0.25) is 0 Å². The second-order valence-corrected chi connectivity index (χ2v) is 9.87. The maximum atomic E-state index is 10.9. The number of hydrogen-bond donors (Lipinski definition) is 0. The van der Waals surface area contributed by atoms with E-state index in [2.05, 4.69) is 8.37 Å². The molecule has 0 fully saturated rings. The molecule has 2 aromatic carbocycles. The maximum absolute atomic E-state index is 10.9. The Balaban J connectivity index is 1.77. The van der Waals surface area contributed by atoms with Crippen molar-refractivity contribution in [1.29, 1.82) is 0 Å². The fraction of sp³-hybridized carbons (Fsp3) is 0.500. The molecule has 2 aromatic rings. The van der Waals surface area contributed by atoms with Gasteiger partial charge < -0.3 is 18.9 Å². The quantitative estimate of drug-likeness (QED) is 0.252. The van der Waals surface area contributed by atoms with Crippen LogP contribution in [0.3, 0.4) is 0 Å². The summed E-state index contributed by atoms with van der Waals surface area (Å²) in [5.74, 6) is 1.33. The van der Waals surface area contributed by atoms with E-state index in [1.807, 2.05) is 36.4 Å². The molecule has 2 rings (SSSR count). The molecule has 12 heteroatoms. The monoisotopic (exact) mass is 492 g/mol. The van der Waals surface area contributed by atoms with Crippen LogP contribution in [-0.2, 0) is 38.1 Å². The van der Waals surface area contributed by atoms with E-state index in [1.54, 1.807) is 0 Å². The Morgan fingerprint density at radius 1 is 0.562 bits per heavy atom. The van der Waals surface area contributed by atoms with Gasteiger partial charge in [0.25, 0.3) is 20.2 Å². The first-order valence-corrected chi connectivity index (χ1v) is 13.4. The number of ether oxygens (including phenoxy) is 4. The van der Waals surface area contributed by atoms with Gasteiger partial charge in [0, 0.05) is 10.8 Å². The number of fused-ring (bicyclic) bond motifs is 1. The smallest absolute Gasteiger partial charge is 0.264 e. The van der Waals surface area contributed by atoms with E-state index >= 15 is 0 Å². The minimum absolute atomic E-state index is 0.0394. The molecule has 0 aliphatic heterocycles. The summed E-state index contributed by atoms with van der Waals surface area (Å²) in [5, 5.41) is 1.74. The van der Waals surface area contributed by atoms with Gasteiger partial charge in [-0.05, 0) is 12.1 Å². The molecule has 0 aliphatic carbocycles. The largest absolute Gasteiger partial charge is 0.491 e. The van der Waals surface area contributed by atoms with Crippen molar-refractivity contribution in [3.8, 4) is 11.5 Å². The third kappa shape index (κ3) is 10.6. The normalized spacial score (nSPS) is 12.2. The molecule has 0 atom stereocenters. The molecule has 10 nitrogen and oxygen atoms in total. The van der Waals surface area contributed by atoms with Crippen LogP contribution in [0.2, 0.25) is 0 Å². The lowest BCUT2D eigenvalue weighted by atomic mass is 10.1. The highest BCUT2D eigenvalue weighted by Crippen LogP contribution is 2.32. The Morgan fingerprint density at radius 3 is 1.31 bits per heavy atom. The molecular weight excluding hydrogens is 464 g/mol. The van der Waals surface area contributed by atoms with Gasteiger partial charge in [0.1, 0.15) is 24.7 Å². The Bertz CT molecular complexity index is 966. The van der Waals surface area contributed by atoms with Crippen LogP contribution in [-0.4, -0.2) is 82.2 Å². The summed E-state index contributed by atoms with van der Waals surface area (Å²) in [7, 11) is -6.93. The first-order valence-electron chi connectivity index (χ1n) is 9.77. The predicted octanol–water partition coefficient (Wildman–Crippen LogP) is 1.58. The van der Waals surface area contributed by atoms with E-state index in [0.717, 1.165) is 23.3 Å². The van der Waals surface area contributed by atoms with Crippen molar-refractivity contribution in [1.82, 2.24) is 0 Å². The first-order chi connectivity index (χ1) is 15.2. The zero-order valence-corrected chi connectivity index (χ0v) is 19.7. The lowest BCUT2D eigenvalue weighted by molar-refractivity contribution is 0.0782. The van der Waals surface area contributed by atoms with Crippen molar-refractivity contribution in [2.24, 2.45) is 0 Å². The number of hydrogen-bond acceptors (Lipinski definition) is 10. The molecule has 0 unspecified atom stereocenters. The summed E-state index contributed by atoms with van der Waals surface area (Å²) in [6.45, 7) is 1.34. The molecule has 0 spiro atoms. The zero-order chi connectivity index (χ0) is 23.5. The van der Waals surface area contributed by atoms with Crippen molar-refractivity contribution in [2.45, 2.75) is 0 Å². The Labute approximate surface area is 188 Å². The van der Waals surface area contributed by atoms with E-state index in [4.69, 9.17) is 18.9 Å². The molecule has 32 heavy (non-hydrogen) atoms. The van der Waals surface area contributed by atoms with Crippen LogP contribution in [0.25, 0.3) is 10.8 Å². The molecule has 0 saturated carbocycles. The Hall–Kier alpha value is -1.96. The second kappa shape index (κ2) is 12.9. The third-order valence-corrected chi connectivity index (χ3v) is 5.05. The van der Waals surface area contributed by atoms with Crippen LogP contribution in [0.4, 0.5) is 0 Å². The zero-order valence-electron chi connectivity index (χ0n) is 18.0. The third-order valence-electron chi connectivity index (χ3n) is 3.86. The lowest BCUT2D eigenvalue weighted by Crippen LogP contribution is -2.13. The molecule has 0 radical (unpaired) electrons. The SMILES string of the molecule is CS(=O)(=O)OCCOCCOc1cccc2c(OCCOCCOS(C)(=O)=O)cccc12. The molecule has 0 saturated heterocycles. The van der Waals surface area contributed by atoms with E-state index in [1.165, 1.54) is 0 Å². The second-order valence-electron chi connectivity index (χ2n) is 6.58. The molecular formula is C20H28O10S2. The van der Waals surface area contributed by atoms with Crippen molar-refractivity contribution in [3.63, 3.8) is 0 Å². The molecule has 0 heterocycles. The number of benzene rings is 2. The van der Waals surface area contributed by atoms with Crippen LogP contribution < -0.4 is 9.47 Å². The molecule has 0 N–H and O–H groups in total. The average molecular weight is 493 g/mol. The molecule has 0 bridgehead atoms. The number of rotatable bonds is 16. The fourth-order valence-electron chi connectivity index (χ4n) is 2.62. The molecule has 180 valence electrons. The highest BCUT2D eigenvalue weighted by Gasteiger charge is 2.08. The average Bonchev–Trinajstić information content (AvgIpc) is 2.71. The minimum atomic E-state index is -3.47. The van der Waals surface area contributed by atoms with Crippen molar-refractivity contribution < 1.29 is 44.1 Å². The lowest BCUT2D eigenvalue weighted by Gasteiger charge is -2.13. The first kappa shape index (κ1) is 26.3. The van der Waals surface area contributed by atoms with Crippen LogP contribution in [0.1, 0.15) is 0 Å². The van der Waals surface area contributed by atoms with Crippen molar-refractivity contribution in [3.05, 3.63) is 36.4 Å². The summed E-state index contributed by atoms with van der Waals surface area (Å²) in [6, 6.07) is 11.2. The predicted molar refractivity (Wildman–Crippen MR) is 118 cm³/mol. The molecule has 0 aliphatic rings. The van der Waals surface area contributed by atoms with Gasteiger partial charge in [-0.3, -0.25) is 8.37 Å². The summed E-state index contributed by atoms with van der Waals surface area (Å²) >= 11 is 0. The van der Waals surface area contributed by atoms with Gasteiger partial charge in [0.15, 0.2) is 0 Å². The van der Waals surface area contributed by atoms with E-state index in [9.17, 15) is 16.8 Å². The Kier molecular flexibility index (Phi) is 10.6. The standard InChI is InChI=1S/C20H28O10S2/c1-31(21,22)29-15-11-25-9-13-27-19-7-3-6-18-17(19)5-4-8-20(18)28-14-10-26-12-16-30-32(2,23)24/h3-8H,9-16H2,1-2H3. The fourth-order valence-corrected chi connectivity index (χ4v) is 3.36. The molecule has 0 amide bonds. The van der Waals surface area contributed by atoms with E-state index in [0.29, 0.717) is 11.5 Å². The van der Waals surface area contributed by atoms with Crippen LogP contribution >= 0.6 is 0 Å². The van der Waals surface area contributed by atoms with Gasteiger partial charge in [-0.1, -0.05) is 24.3 Å². The van der Waals surface area contributed by atoms with E-state index in [-0.39, 0.29) is 52.9 Å². The minimum Gasteiger partial charge on any atom is -0.491 e. The van der Waals surface area contributed by atoms with Gasteiger partial charge in [-0.15, -0.1) is 0 Å².